The van der Waals surface area contributed by atoms with Gasteiger partial charge in [0.25, 0.3) is 0 Å². The van der Waals surface area contributed by atoms with Crippen LogP contribution in [0.15, 0.2) is 48.5 Å². The van der Waals surface area contributed by atoms with Crippen molar-refractivity contribution in [1.82, 2.24) is 5.32 Å². The van der Waals surface area contributed by atoms with Crippen LogP contribution in [0, 0.1) is 5.82 Å². The lowest BCUT2D eigenvalue weighted by atomic mass is 9.99. The normalized spacial score (nSPS) is 12.4. The molecule has 0 heterocycles. The summed E-state index contributed by atoms with van der Waals surface area (Å²) in [6.07, 6.45) is 0. The second kappa shape index (κ2) is 5.98. The summed E-state index contributed by atoms with van der Waals surface area (Å²) in [5, 5.41) is 4.10. The van der Waals surface area contributed by atoms with Crippen molar-refractivity contribution in [2.24, 2.45) is 0 Å². The van der Waals surface area contributed by atoms with Gasteiger partial charge in [0, 0.05) is 5.02 Å². The predicted octanol–water partition coefficient (Wildman–Crippen LogP) is 4.18. The molecule has 1 nitrogen and oxygen atoms in total. The third kappa shape index (κ3) is 3.09. The Kier molecular flexibility index (Phi) is 4.34. The van der Waals surface area contributed by atoms with Crippen molar-refractivity contribution in [1.29, 1.82) is 0 Å². The number of halogens is 2. The highest BCUT2D eigenvalue weighted by Crippen LogP contribution is 2.23. The summed E-state index contributed by atoms with van der Waals surface area (Å²) >= 11 is 5.89. The van der Waals surface area contributed by atoms with E-state index in [2.05, 4.69) is 5.32 Å². The van der Waals surface area contributed by atoms with Gasteiger partial charge >= 0.3 is 0 Å². The molecule has 0 spiro atoms. The minimum Gasteiger partial charge on any atom is -0.307 e. The third-order valence-corrected chi connectivity index (χ3v) is 3.07. The third-order valence-electron chi connectivity index (χ3n) is 2.81. The van der Waals surface area contributed by atoms with Crippen molar-refractivity contribution < 1.29 is 4.39 Å². The lowest BCUT2D eigenvalue weighted by Gasteiger charge is -2.19. The lowest BCUT2D eigenvalue weighted by Crippen LogP contribution is -2.21. The van der Waals surface area contributed by atoms with Crippen LogP contribution < -0.4 is 5.32 Å². The van der Waals surface area contributed by atoms with E-state index in [0.717, 1.165) is 17.7 Å². The molecule has 0 aliphatic carbocycles. The van der Waals surface area contributed by atoms with Crippen molar-refractivity contribution in [2.75, 3.05) is 6.54 Å². The zero-order chi connectivity index (χ0) is 13.0. The maximum Gasteiger partial charge on any atom is 0.123 e. The van der Waals surface area contributed by atoms with Crippen molar-refractivity contribution in [3.63, 3.8) is 0 Å². The lowest BCUT2D eigenvalue weighted by molar-refractivity contribution is 0.613. The summed E-state index contributed by atoms with van der Waals surface area (Å²) in [5.74, 6) is -0.217. The fourth-order valence-electron chi connectivity index (χ4n) is 1.94. The number of benzene rings is 2. The fourth-order valence-corrected chi connectivity index (χ4v) is 2.07. The Morgan fingerprint density at radius 3 is 2.00 bits per heavy atom. The van der Waals surface area contributed by atoms with Crippen LogP contribution in [0.25, 0.3) is 0 Å². The quantitative estimate of drug-likeness (QED) is 0.873. The highest BCUT2D eigenvalue weighted by atomic mass is 35.5. The minimum absolute atomic E-state index is 0.0628. The average molecular weight is 264 g/mol. The molecule has 2 aromatic carbocycles. The van der Waals surface area contributed by atoms with E-state index in [1.807, 2.05) is 31.2 Å². The number of rotatable bonds is 4. The highest BCUT2D eigenvalue weighted by Gasteiger charge is 2.12. The molecule has 2 rings (SSSR count). The standard InChI is InChI=1S/C15H15ClFN/c1-2-18-15(11-3-7-13(16)8-4-11)12-5-9-14(17)10-6-12/h3-10,15,18H,2H2,1H3. The zero-order valence-electron chi connectivity index (χ0n) is 10.2. The molecular formula is C15H15ClFN. The smallest absolute Gasteiger partial charge is 0.123 e. The Bertz CT molecular complexity index is 447. The monoisotopic (exact) mass is 263 g/mol. The van der Waals surface area contributed by atoms with E-state index in [-0.39, 0.29) is 11.9 Å². The number of nitrogens with one attached hydrogen (secondary N) is 1. The van der Waals surface area contributed by atoms with Gasteiger partial charge in [-0.05, 0) is 41.9 Å². The maximum atomic E-state index is 13.0. The number of hydrogen-bond acceptors (Lipinski definition) is 1. The summed E-state index contributed by atoms with van der Waals surface area (Å²) < 4.78 is 13.0. The molecule has 0 radical (unpaired) electrons. The Labute approximate surface area is 112 Å². The minimum atomic E-state index is -0.217. The van der Waals surface area contributed by atoms with Crippen LogP contribution in [0.4, 0.5) is 4.39 Å². The van der Waals surface area contributed by atoms with Crippen molar-refractivity contribution in [3.8, 4) is 0 Å². The summed E-state index contributed by atoms with van der Waals surface area (Å²) in [7, 11) is 0. The Balaban J connectivity index is 2.33. The van der Waals surface area contributed by atoms with Gasteiger partial charge in [-0.25, -0.2) is 4.39 Å². The van der Waals surface area contributed by atoms with Crippen LogP contribution in [-0.4, -0.2) is 6.54 Å². The molecule has 0 aliphatic heterocycles. The summed E-state index contributed by atoms with van der Waals surface area (Å²) in [6, 6.07) is 14.3. The topological polar surface area (TPSA) is 12.0 Å². The predicted molar refractivity (Wildman–Crippen MR) is 73.4 cm³/mol. The van der Waals surface area contributed by atoms with Crippen LogP contribution in [0.5, 0.6) is 0 Å². The first-order chi connectivity index (χ1) is 8.70. The van der Waals surface area contributed by atoms with Gasteiger partial charge in [-0.15, -0.1) is 0 Å². The SMILES string of the molecule is CCNC(c1ccc(F)cc1)c1ccc(Cl)cc1. The van der Waals surface area contributed by atoms with E-state index in [4.69, 9.17) is 11.6 Å². The van der Waals surface area contributed by atoms with E-state index in [0.29, 0.717) is 5.02 Å². The van der Waals surface area contributed by atoms with Gasteiger partial charge in [0.15, 0.2) is 0 Å². The van der Waals surface area contributed by atoms with E-state index >= 15 is 0 Å². The molecule has 1 N–H and O–H groups in total. The maximum absolute atomic E-state index is 13.0. The molecule has 94 valence electrons. The first-order valence-corrected chi connectivity index (χ1v) is 6.33. The molecule has 0 fully saturated rings. The van der Waals surface area contributed by atoms with E-state index in [1.54, 1.807) is 12.1 Å². The first kappa shape index (κ1) is 13.1. The van der Waals surface area contributed by atoms with Crippen LogP contribution in [0.2, 0.25) is 5.02 Å². The molecule has 0 aliphatic rings. The van der Waals surface area contributed by atoms with Crippen molar-refractivity contribution in [3.05, 3.63) is 70.5 Å². The molecule has 0 saturated carbocycles. The Morgan fingerprint density at radius 2 is 1.50 bits per heavy atom. The van der Waals surface area contributed by atoms with Gasteiger partial charge in [0.2, 0.25) is 0 Å². The van der Waals surface area contributed by atoms with Gasteiger partial charge in [-0.2, -0.15) is 0 Å². The van der Waals surface area contributed by atoms with E-state index < -0.39 is 0 Å². The first-order valence-electron chi connectivity index (χ1n) is 5.95. The molecule has 1 unspecified atom stereocenters. The molecule has 0 saturated heterocycles. The van der Waals surface area contributed by atoms with E-state index in [1.165, 1.54) is 12.1 Å². The van der Waals surface area contributed by atoms with Crippen LogP contribution >= 0.6 is 11.6 Å². The molecule has 3 heteroatoms. The summed E-state index contributed by atoms with van der Waals surface area (Å²) in [4.78, 5) is 0. The Hall–Kier alpha value is -1.38. The van der Waals surface area contributed by atoms with Crippen LogP contribution in [-0.2, 0) is 0 Å². The van der Waals surface area contributed by atoms with Gasteiger partial charge in [-0.3, -0.25) is 0 Å². The van der Waals surface area contributed by atoms with Gasteiger partial charge in [0.05, 0.1) is 6.04 Å². The number of hydrogen-bond donors (Lipinski definition) is 1. The van der Waals surface area contributed by atoms with Crippen molar-refractivity contribution in [2.45, 2.75) is 13.0 Å². The largest absolute Gasteiger partial charge is 0.307 e. The molecule has 18 heavy (non-hydrogen) atoms. The summed E-state index contributed by atoms with van der Waals surface area (Å²) in [5.41, 5.74) is 2.16. The van der Waals surface area contributed by atoms with E-state index in [9.17, 15) is 4.39 Å². The molecule has 2 aromatic rings. The van der Waals surface area contributed by atoms with Gasteiger partial charge in [0.1, 0.15) is 5.82 Å². The van der Waals surface area contributed by atoms with Crippen molar-refractivity contribution >= 4 is 11.6 Å². The molecule has 0 aromatic heterocycles. The highest BCUT2D eigenvalue weighted by molar-refractivity contribution is 6.30. The molecule has 1 atom stereocenters. The Morgan fingerprint density at radius 1 is 1.00 bits per heavy atom. The van der Waals surface area contributed by atoms with Crippen LogP contribution in [0.3, 0.4) is 0 Å². The molecule has 0 amide bonds. The molecule has 0 bridgehead atoms. The van der Waals surface area contributed by atoms with Gasteiger partial charge < -0.3 is 5.32 Å². The second-order valence-corrected chi connectivity index (χ2v) is 4.53. The summed E-state index contributed by atoms with van der Waals surface area (Å²) in [6.45, 7) is 2.89. The zero-order valence-corrected chi connectivity index (χ0v) is 10.9. The second-order valence-electron chi connectivity index (χ2n) is 4.09. The molecular weight excluding hydrogens is 249 g/mol. The average Bonchev–Trinajstić information content (AvgIpc) is 2.39. The van der Waals surface area contributed by atoms with Gasteiger partial charge in [-0.1, -0.05) is 42.8 Å². The fraction of sp³-hybridized carbons (Fsp3) is 0.200. The van der Waals surface area contributed by atoms with Crippen LogP contribution in [0.1, 0.15) is 24.1 Å².